The number of carbonyl (C=O) groups excluding carboxylic acids is 3. The minimum absolute atomic E-state index is 0.0733. The second-order valence-electron chi connectivity index (χ2n) is 5.10. The zero-order chi connectivity index (χ0) is 15.3. The molecule has 1 aliphatic rings. The Hall–Kier alpha value is -1.63. The van der Waals surface area contributed by atoms with Gasteiger partial charge in [-0.05, 0) is 25.2 Å². The molecule has 1 rings (SSSR count). The lowest BCUT2D eigenvalue weighted by molar-refractivity contribution is -0.175. The average molecular weight is 288 g/mol. The lowest BCUT2D eigenvalue weighted by atomic mass is 9.85. The van der Waals surface area contributed by atoms with Gasteiger partial charge in [0, 0.05) is 0 Å². The van der Waals surface area contributed by atoms with Crippen molar-refractivity contribution in [1.29, 1.82) is 0 Å². The molecular weight excluding hydrogens is 268 g/mol. The van der Waals surface area contributed by atoms with Gasteiger partial charge in [0.2, 0.25) is 0 Å². The van der Waals surface area contributed by atoms with E-state index in [4.69, 9.17) is 14.6 Å². The summed E-state index contributed by atoms with van der Waals surface area (Å²) in [5.74, 6) is -2.95. The molecule has 5 atom stereocenters. The minimum Gasteiger partial charge on any atom is -0.461 e. The first-order valence-electron chi connectivity index (χ1n) is 6.49. The molecule has 20 heavy (non-hydrogen) atoms. The largest absolute Gasteiger partial charge is 0.461 e. The monoisotopic (exact) mass is 288 g/mol. The van der Waals surface area contributed by atoms with Crippen molar-refractivity contribution in [1.82, 2.24) is 0 Å². The van der Waals surface area contributed by atoms with Crippen molar-refractivity contribution in [3.8, 4) is 0 Å². The van der Waals surface area contributed by atoms with E-state index >= 15 is 0 Å². The van der Waals surface area contributed by atoms with Crippen molar-refractivity contribution in [2.75, 3.05) is 6.79 Å². The van der Waals surface area contributed by atoms with E-state index in [9.17, 15) is 14.4 Å². The first-order valence-corrected chi connectivity index (χ1v) is 6.49. The predicted octanol–water partition coefficient (Wildman–Crippen LogP) is 0.245. The van der Waals surface area contributed by atoms with Crippen molar-refractivity contribution in [3.63, 3.8) is 0 Å². The van der Waals surface area contributed by atoms with Crippen molar-refractivity contribution >= 4 is 18.4 Å². The number of hydrogen-bond acceptors (Lipinski definition) is 7. The molecule has 7 nitrogen and oxygen atoms in total. The van der Waals surface area contributed by atoms with Crippen LogP contribution in [0.25, 0.3) is 0 Å². The molecule has 5 unspecified atom stereocenters. The molecule has 0 radical (unpaired) electrons. The molecule has 1 aliphatic heterocycles. The maximum atomic E-state index is 12.1. The lowest BCUT2D eigenvalue weighted by Crippen LogP contribution is -2.37. The van der Waals surface area contributed by atoms with E-state index in [1.54, 1.807) is 13.8 Å². The van der Waals surface area contributed by atoms with Crippen molar-refractivity contribution in [2.24, 2.45) is 17.8 Å². The van der Waals surface area contributed by atoms with Gasteiger partial charge in [0.05, 0.1) is 0 Å². The molecule has 0 spiro atoms. The van der Waals surface area contributed by atoms with Gasteiger partial charge in [-0.2, -0.15) is 0 Å². The minimum atomic E-state index is -1.07. The van der Waals surface area contributed by atoms with Gasteiger partial charge < -0.3 is 19.3 Å². The van der Waals surface area contributed by atoms with Gasteiger partial charge in [-0.1, -0.05) is 13.8 Å². The van der Waals surface area contributed by atoms with E-state index in [-0.39, 0.29) is 11.8 Å². The van der Waals surface area contributed by atoms with Crippen LogP contribution < -0.4 is 0 Å². The summed E-state index contributed by atoms with van der Waals surface area (Å²) in [5.41, 5.74) is 0. The van der Waals surface area contributed by atoms with Crippen molar-refractivity contribution in [2.45, 2.75) is 39.4 Å². The van der Waals surface area contributed by atoms with Crippen molar-refractivity contribution < 1.29 is 33.7 Å². The van der Waals surface area contributed by atoms with Crippen molar-refractivity contribution in [3.05, 3.63) is 0 Å². The number of aliphatic hydroxyl groups is 1. The topological polar surface area (TPSA) is 99.1 Å². The Labute approximate surface area is 117 Å². The van der Waals surface area contributed by atoms with E-state index in [2.05, 4.69) is 4.74 Å². The highest BCUT2D eigenvalue weighted by Crippen LogP contribution is 2.32. The number of rotatable bonds is 5. The lowest BCUT2D eigenvalue weighted by Gasteiger charge is -2.26. The summed E-state index contributed by atoms with van der Waals surface area (Å²) >= 11 is 0. The molecule has 1 N–H and O–H groups in total. The molecule has 1 fully saturated rings. The number of ether oxygens (including phenoxy) is 3. The molecule has 1 heterocycles. The fraction of sp³-hybridized carbons (Fsp3) is 0.769. The van der Waals surface area contributed by atoms with Crippen LogP contribution in [0.4, 0.5) is 0 Å². The molecule has 0 aliphatic carbocycles. The molecule has 114 valence electrons. The Morgan fingerprint density at radius 3 is 2.70 bits per heavy atom. The predicted molar refractivity (Wildman–Crippen MR) is 66.1 cm³/mol. The number of carbonyl (C=O) groups is 3. The zero-order valence-electron chi connectivity index (χ0n) is 11.8. The van der Waals surface area contributed by atoms with Gasteiger partial charge in [-0.3, -0.25) is 14.4 Å². The summed E-state index contributed by atoms with van der Waals surface area (Å²) in [6.45, 7) is 4.75. The molecule has 0 saturated carbocycles. The molecule has 0 aromatic carbocycles. The Balaban J connectivity index is 2.89. The molecule has 0 aromatic heterocycles. The second-order valence-corrected chi connectivity index (χ2v) is 5.10. The van der Waals surface area contributed by atoms with E-state index in [0.717, 1.165) is 0 Å². The van der Waals surface area contributed by atoms with E-state index in [1.165, 1.54) is 0 Å². The molecule has 1 saturated heterocycles. The zero-order valence-corrected chi connectivity index (χ0v) is 11.8. The van der Waals surface area contributed by atoms with Crippen LogP contribution in [0.2, 0.25) is 0 Å². The maximum absolute atomic E-state index is 12.1. The molecular formula is C13H20O7. The summed E-state index contributed by atoms with van der Waals surface area (Å²) in [4.78, 5) is 34.2. The summed E-state index contributed by atoms with van der Waals surface area (Å²) in [6.07, 6.45) is -0.665. The highest BCUT2D eigenvalue weighted by molar-refractivity contribution is 5.95. The van der Waals surface area contributed by atoms with Crippen LogP contribution in [0.5, 0.6) is 0 Å². The smallest absolute Gasteiger partial charge is 0.322 e. The van der Waals surface area contributed by atoms with Gasteiger partial charge in [-0.25, -0.2) is 0 Å². The van der Waals surface area contributed by atoms with Crippen LogP contribution >= 0.6 is 0 Å². The van der Waals surface area contributed by atoms with E-state index in [0.29, 0.717) is 12.9 Å². The fourth-order valence-electron chi connectivity index (χ4n) is 2.62. The van der Waals surface area contributed by atoms with E-state index < -0.39 is 36.9 Å². The Morgan fingerprint density at radius 2 is 2.15 bits per heavy atom. The third-order valence-electron chi connectivity index (χ3n) is 3.57. The van der Waals surface area contributed by atoms with Gasteiger partial charge >= 0.3 is 11.9 Å². The molecule has 0 amide bonds. The van der Waals surface area contributed by atoms with Crippen LogP contribution in [-0.2, 0) is 28.6 Å². The third kappa shape index (κ3) is 3.69. The summed E-state index contributed by atoms with van der Waals surface area (Å²) in [6, 6.07) is 0. The number of aliphatic hydroxyl groups excluding tert-OH is 1. The van der Waals surface area contributed by atoms with Crippen LogP contribution in [-0.4, -0.2) is 42.5 Å². The summed E-state index contributed by atoms with van der Waals surface area (Å²) < 4.78 is 14.6. The highest BCUT2D eigenvalue weighted by Gasteiger charge is 2.43. The summed E-state index contributed by atoms with van der Waals surface area (Å²) in [7, 11) is 0. The van der Waals surface area contributed by atoms with E-state index in [1.807, 2.05) is 6.92 Å². The van der Waals surface area contributed by atoms with Gasteiger partial charge in [-0.15, -0.1) is 0 Å². The van der Waals surface area contributed by atoms with Gasteiger partial charge in [0.25, 0.3) is 6.47 Å². The Bertz CT molecular complexity index is 368. The van der Waals surface area contributed by atoms with Crippen LogP contribution in [0.15, 0.2) is 0 Å². The normalized spacial score (nSPS) is 31.7. The highest BCUT2D eigenvalue weighted by atomic mass is 16.6. The Morgan fingerprint density at radius 1 is 1.50 bits per heavy atom. The Kier molecular flexibility index (Phi) is 5.94. The average Bonchev–Trinajstić information content (AvgIpc) is 2.46. The SMILES string of the molecule is CC1CC(C)C(C(C)OC=O)OC(=O)C1C(=O)OCO. The second kappa shape index (κ2) is 7.23. The fourth-order valence-corrected chi connectivity index (χ4v) is 2.62. The van der Waals surface area contributed by atoms with Crippen LogP contribution in [0, 0.1) is 17.8 Å². The quantitative estimate of drug-likeness (QED) is 0.254. The number of esters is 2. The summed E-state index contributed by atoms with van der Waals surface area (Å²) in [5, 5.41) is 8.62. The van der Waals surface area contributed by atoms with Crippen LogP contribution in [0.3, 0.4) is 0 Å². The first kappa shape index (κ1) is 16.4. The maximum Gasteiger partial charge on any atom is 0.322 e. The standard InChI is InChI=1S/C13H20O7/c1-7-4-8(2)11(9(3)18-5-14)20-13(17)10(7)12(16)19-6-15/h5,7-11,15H,4,6H2,1-3H3. The number of cyclic esters (lactones) is 1. The first-order chi connectivity index (χ1) is 9.42. The molecule has 0 bridgehead atoms. The molecule has 7 heteroatoms. The van der Waals surface area contributed by atoms with Gasteiger partial charge in [0.15, 0.2) is 12.7 Å². The number of hydrogen-bond donors (Lipinski definition) is 1. The van der Waals surface area contributed by atoms with Gasteiger partial charge in [0.1, 0.15) is 12.2 Å². The molecule has 0 aromatic rings. The van der Waals surface area contributed by atoms with Crippen LogP contribution in [0.1, 0.15) is 27.2 Å². The third-order valence-corrected chi connectivity index (χ3v) is 3.57.